The van der Waals surface area contributed by atoms with Gasteiger partial charge in [-0.3, -0.25) is 4.79 Å². The van der Waals surface area contributed by atoms with Crippen LogP contribution < -0.4 is 5.73 Å². The smallest absolute Gasteiger partial charge is 0.322 e. The van der Waals surface area contributed by atoms with Gasteiger partial charge in [-0.05, 0) is 13.3 Å². The van der Waals surface area contributed by atoms with Gasteiger partial charge in [0.15, 0.2) is 0 Å². The summed E-state index contributed by atoms with van der Waals surface area (Å²) in [6, 6.07) is -0.547. The minimum Gasteiger partial charge on any atom is -0.462 e. The lowest BCUT2D eigenvalue weighted by molar-refractivity contribution is -0.146. The van der Waals surface area contributed by atoms with Gasteiger partial charge in [-0.15, -0.1) is 12.4 Å². The molecule has 0 rings (SSSR count). The molecule has 0 aromatic carbocycles. The highest BCUT2D eigenvalue weighted by Crippen LogP contribution is 1.98. The van der Waals surface area contributed by atoms with Gasteiger partial charge in [0, 0.05) is 6.61 Å². The van der Waals surface area contributed by atoms with E-state index in [0.717, 1.165) is 13.0 Å². The SMILES string of the molecule is CCCCCCOCCOC(=O)[C@H](C)N.Cl. The number of carbonyl (C=O) groups excluding carboxylic acids is 1. The van der Waals surface area contributed by atoms with Crippen LogP contribution in [-0.4, -0.2) is 31.8 Å². The number of esters is 1. The van der Waals surface area contributed by atoms with Crippen LogP contribution in [0.2, 0.25) is 0 Å². The van der Waals surface area contributed by atoms with Gasteiger partial charge in [-0.2, -0.15) is 0 Å². The zero-order chi connectivity index (χ0) is 11.5. The Morgan fingerprint density at radius 3 is 2.44 bits per heavy atom. The second-order valence-electron chi connectivity index (χ2n) is 3.63. The molecule has 0 saturated carbocycles. The monoisotopic (exact) mass is 253 g/mol. The predicted octanol–water partition coefficient (Wildman–Crippen LogP) is 1.90. The van der Waals surface area contributed by atoms with Crippen molar-refractivity contribution < 1.29 is 14.3 Å². The van der Waals surface area contributed by atoms with Crippen molar-refractivity contribution in [1.82, 2.24) is 0 Å². The number of halogens is 1. The molecule has 0 spiro atoms. The average molecular weight is 254 g/mol. The Morgan fingerprint density at radius 2 is 1.88 bits per heavy atom. The molecule has 0 aliphatic carbocycles. The predicted molar refractivity (Wildman–Crippen MR) is 66.8 cm³/mol. The molecular weight excluding hydrogens is 230 g/mol. The van der Waals surface area contributed by atoms with E-state index in [2.05, 4.69) is 6.92 Å². The average Bonchev–Trinajstić information content (AvgIpc) is 2.21. The number of nitrogens with two attached hydrogens (primary N) is 1. The molecule has 5 heteroatoms. The van der Waals surface area contributed by atoms with Crippen LogP contribution in [0.15, 0.2) is 0 Å². The normalized spacial score (nSPS) is 11.7. The fourth-order valence-electron chi connectivity index (χ4n) is 1.07. The van der Waals surface area contributed by atoms with Crippen LogP contribution in [0.5, 0.6) is 0 Å². The molecule has 2 N–H and O–H groups in total. The molecule has 0 bridgehead atoms. The molecule has 0 amide bonds. The highest BCUT2D eigenvalue weighted by Gasteiger charge is 2.07. The van der Waals surface area contributed by atoms with Crippen molar-refractivity contribution in [3.63, 3.8) is 0 Å². The van der Waals surface area contributed by atoms with E-state index in [1.807, 2.05) is 0 Å². The maximum Gasteiger partial charge on any atom is 0.322 e. The zero-order valence-electron chi connectivity index (χ0n) is 10.2. The molecule has 0 radical (unpaired) electrons. The topological polar surface area (TPSA) is 61.5 Å². The van der Waals surface area contributed by atoms with Gasteiger partial charge in [0.1, 0.15) is 12.6 Å². The van der Waals surface area contributed by atoms with Crippen molar-refractivity contribution in [2.75, 3.05) is 19.8 Å². The maximum absolute atomic E-state index is 10.9. The van der Waals surface area contributed by atoms with E-state index < -0.39 is 6.04 Å². The lowest BCUT2D eigenvalue weighted by Gasteiger charge is -2.07. The van der Waals surface area contributed by atoms with E-state index in [4.69, 9.17) is 15.2 Å². The molecule has 98 valence electrons. The van der Waals surface area contributed by atoms with Gasteiger partial charge >= 0.3 is 5.97 Å². The quantitative estimate of drug-likeness (QED) is 0.504. The second kappa shape index (κ2) is 12.7. The summed E-state index contributed by atoms with van der Waals surface area (Å²) >= 11 is 0. The summed E-state index contributed by atoms with van der Waals surface area (Å²) < 4.78 is 10.1. The van der Waals surface area contributed by atoms with Gasteiger partial charge in [-0.25, -0.2) is 0 Å². The van der Waals surface area contributed by atoms with Crippen LogP contribution in [0.4, 0.5) is 0 Å². The highest BCUT2D eigenvalue weighted by atomic mass is 35.5. The molecule has 0 fully saturated rings. The van der Waals surface area contributed by atoms with Gasteiger partial charge < -0.3 is 15.2 Å². The standard InChI is InChI=1S/C11H23NO3.ClH/c1-3-4-5-6-7-14-8-9-15-11(13)10(2)12;/h10H,3-9,12H2,1-2H3;1H/t10-;/m0./s1. The number of hydrogen-bond donors (Lipinski definition) is 1. The van der Waals surface area contributed by atoms with Crippen molar-refractivity contribution >= 4 is 18.4 Å². The van der Waals surface area contributed by atoms with E-state index in [-0.39, 0.29) is 18.4 Å². The molecule has 0 saturated heterocycles. The van der Waals surface area contributed by atoms with E-state index in [9.17, 15) is 4.79 Å². The van der Waals surface area contributed by atoms with Gasteiger partial charge in [0.25, 0.3) is 0 Å². The van der Waals surface area contributed by atoms with Gasteiger partial charge in [-0.1, -0.05) is 26.2 Å². The Hall–Kier alpha value is -0.320. The highest BCUT2D eigenvalue weighted by molar-refractivity contribution is 5.85. The maximum atomic E-state index is 10.9. The number of carbonyl (C=O) groups is 1. The molecule has 4 nitrogen and oxygen atoms in total. The fraction of sp³-hybridized carbons (Fsp3) is 0.909. The first kappa shape index (κ1) is 18.1. The minimum absolute atomic E-state index is 0. The summed E-state index contributed by atoms with van der Waals surface area (Å²) in [5.74, 6) is -0.371. The summed E-state index contributed by atoms with van der Waals surface area (Å²) in [4.78, 5) is 10.9. The van der Waals surface area contributed by atoms with E-state index >= 15 is 0 Å². The number of ether oxygens (including phenoxy) is 2. The largest absolute Gasteiger partial charge is 0.462 e. The lowest BCUT2D eigenvalue weighted by Crippen LogP contribution is -2.29. The Kier molecular flexibility index (Phi) is 14.4. The molecule has 0 unspecified atom stereocenters. The number of unbranched alkanes of at least 4 members (excludes halogenated alkanes) is 3. The molecule has 0 heterocycles. The summed E-state index contributed by atoms with van der Waals surface area (Å²) in [6.07, 6.45) is 4.76. The van der Waals surface area contributed by atoms with Gasteiger partial charge in [0.2, 0.25) is 0 Å². The van der Waals surface area contributed by atoms with Crippen LogP contribution in [-0.2, 0) is 14.3 Å². The van der Waals surface area contributed by atoms with Crippen molar-refractivity contribution in [3.05, 3.63) is 0 Å². The third kappa shape index (κ3) is 11.8. The number of rotatable bonds is 9. The first-order valence-corrected chi connectivity index (χ1v) is 5.68. The first-order valence-electron chi connectivity index (χ1n) is 5.68. The summed E-state index contributed by atoms with van der Waals surface area (Å²) in [7, 11) is 0. The molecule has 16 heavy (non-hydrogen) atoms. The molecule has 0 aromatic rings. The van der Waals surface area contributed by atoms with Crippen molar-refractivity contribution in [2.45, 2.75) is 45.6 Å². The first-order chi connectivity index (χ1) is 7.18. The van der Waals surface area contributed by atoms with E-state index in [1.165, 1.54) is 19.3 Å². The lowest BCUT2D eigenvalue weighted by atomic mass is 10.2. The minimum atomic E-state index is -0.547. The Balaban J connectivity index is 0. The van der Waals surface area contributed by atoms with Crippen LogP contribution >= 0.6 is 12.4 Å². The van der Waals surface area contributed by atoms with Crippen molar-refractivity contribution in [3.8, 4) is 0 Å². The van der Waals surface area contributed by atoms with Crippen LogP contribution in [0, 0.1) is 0 Å². The summed E-state index contributed by atoms with van der Waals surface area (Å²) in [5, 5.41) is 0. The summed E-state index contributed by atoms with van der Waals surface area (Å²) in [6.45, 7) is 5.29. The van der Waals surface area contributed by atoms with Crippen LogP contribution in [0.1, 0.15) is 39.5 Å². The van der Waals surface area contributed by atoms with Crippen molar-refractivity contribution in [1.29, 1.82) is 0 Å². The Bertz CT molecular complexity index is 165. The second-order valence-corrected chi connectivity index (χ2v) is 3.63. The Labute approximate surface area is 104 Å². The molecule has 0 aliphatic heterocycles. The van der Waals surface area contributed by atoms with E-state index in [1.54, 1.807) is 6.92 Å². The number of hydrogen-bond acceptors (Lipinski definition) is 4. The van der Waals surface area contributed by atoms with Crippen LogP contribution in [0.3, 0.4) is 0 Å². The molecule has 0 aromatic heterocycles. The molecule has 0 aliphatic rings. The summed E-state index contributed by atoms with van der Waals surface area (Å²) in [5.41, 5.74) is 5.32. The fourth-order valence-corrected chi connectivity index (χ4v) is 1.07. The third-order valence-electron chi connectivity index (χ3n) is 1.99. The molecule has 1 atom stereocenters. The Morgan fingerprint density at radius 1 is 1.19 bits per heavy atom. The van der Waals surface area contributed by atoms with Crippen LogP contribution in [0.25, 0.3) is 0 Å². The zero-order valence-corrected chi connectivity index (χ0v) is 11.1. The van der Waals surface area contributed by atoms with Crippen molar-refractivity contribution in [2.24, 2.45) is 5.73 Å². The molecular formula is C11H24ClNO3. The van der Waals surface area contributed by atoms with E-state index in [0.29, 0.717) is 13.2 Å². The third-order valence-corrected chi connectivity index (χ3v) is 1.99. The van der Waals surface area contributed by atoms with Gasteiger partial charge in [0.05, 0.1) is 6.61 Å².